The van der Waals surface area contributed by atoms with E-state index in [-0.39, 0.29) is 16.6 Å². The number of carbonyl (C=O) groups excluding carboxylic acids is 1. The van der Waals surface area contributed by atoms with Gasteiger partial charge >= 0.3 is 0 Å². The van der Waals surface area contributed by atoms with E-state index in [4.69, 9.17) is 9.47 Å². The van der Waals surface area contributed by atoms with Gasteiger partial charge in [0.05, 0.1) is 16.6 Å². The Morgan fingerprint density at radius 3 is 2.46 bits per heavy atom. The summed E-state index contributed by atoms with van der Waals surface area (Å²) in [6.07, 6.45) is 0. The van der Waals surface area contributed by atoms with Crippen LogP contribution >= 0.6 is 0 Å². The SMILES string of the molecule is Cc1ccc(C(C)NC(=O)CN(c2cccc(F)c2)S(=O)(=O)c2ccc3c(c2)OCCO3)cc1C. The second kappa shape index (κ2) is 9.95. The predicted octanol–water partition coefficient (Wildman–Crippen LogP) is 4.29. The number of nitrogens with zero attached hydrogens (tertiary/aromatic N) is 1. The maximum atomic E-state index is 14.0. The first kappa shape index (κ1) is 24.5. The summed E-state index contributed by atoms with van der Waals surface area (Å²) in [6.45, 7) is 5.94. The van der Waals surface area contributed by atoms with Crippen LogP contribution in [-0.2, 0) is 14.8 Å². The first-order chi connectivity index (χ1) is 16.6. The molecule has 0 aliphatic carbocycles. The molecule has 1 heterocycles. The number of benzene rings is 3. The smallest absolute Gasteiger partial charge is 0.264 e. The predicted molar refractivity (Wildman–Crippen MR) is 131 cm³/mol. The quantitative estimate of drug-likeness (QED) is 0.526. The topological polar surface area (TPSA) is 84.9 Å². The molecule has 0 radical (unpaired) electrons. The molecule has 0 saturated carbocycles. The fourth-order valence-electron chi connectivity index (χ4n) is 3.79. The van der Waals surface area contributed by atoms with Crippen molar-refractivity contribution in [2.75, 3.05) is 24.1 Å². The van der Waals surface area contributed by atoms with E-state index in [2.05, 4.69) is 5.32 Å². The summed E-state index contributed by atoms with van der Waals surface area (Å²) in [5.41, 5.74) is 3.16. The van der Waals surface area contributed by atoms with Gasteiger partial charge in [0.1, 0.15) is 25.6 Å². The first-order valence-electron chi connectivity index (χ1n) is 11.2. The van der Waals surface area contributed by atoms with Gasteiger partial charge in [-0.05, 0) is 67.8 Å². The molecule has 184 valence electrons. The molecule has 0 spiro atoms. The fraction of sp³-hybridized carbons (Fsp3) is 0.269. The van der Waals surface area contributed by atoms with E-state index in [1.54, 1.807) is 0 Å². The second-order valence-electron chi connectivity index (χ2n) is 8.43. The summed E-state index contributed by atoms with van der Waals surface area (Å²) >= 11 is 0. The third-order valence-corrected chi connectivity index (χ3v) is 7.66. The maximum Gasteiger partial charge on any atom is 0.264 e. The van der Waals surface area contributed by atoms with Crippen LogP contribution in [0.3, 0.4) is 0 Å². The Labute approximate surface area is 204 Å². The van der Waals surface area contributed by atoms with Gasteiger partial charge in [-0.2, -0.15) is 0 Å². The van der Waals surface area contributed by atoms with Crippen molar-refractivity contribution in [1.29, 1.82) is 0 Å². The lowest BCUT2D eigenvalue weighted by Crippen LogP contribution is -2.41. The number of ether oxygens (including phenoxy) is 2. The van der Waals surface area contributed by atoms with Crippen molar-refractivity contribution in [3.05, 3.63) is 83.2 Å². The van der Waals surface area contributed by atoms with E-state index in [1.807, 2.05) is 39.0 Å². The zero-order valence-electron chi connectivity index (χ0n) is 19.7. The van der Waals surface area contributed by atoms with E-state index in [0.717, 1.165) is 27.1 Å². The number of aryl methyl sites for hydroxylation is 2. The average molecular weight is 499 g/mol. The van der Waals surface area contributed by atoms with E-state index in [1.165, 1.54) is 36.4 Å². The van der Waals surface area contributed by atoms with Crippen molar-refractivity contribution in [2.45, 2.75) is 31.7 Å². The molecule has 35 heavy (non-hydrogen) atoms. The zero-order chi connectivity index (χ0) is 25.2. The highest BCUT2D eigenvalue weighted by atomic mass is 32.2. The number of halogens is 1. The molecule has 0 fully saturated rings. The van der Waals surface area contributed by atoms with Crippen LogP contribution in [0.2, 0.25) is 0 Å². The second-order valence-corrected chi connectivity index (χ2v) is 10.3. The summed E-state index contributed by atoms with van der Waals surface area (Å²) in [7, 11) is -4.24. The van der Waals surface area contributed by atoms with Gasteiger partial charge in [0.2, 0.25) is 5.91 Å². The number of hydrogen-bond donors (Lipinski definition) is 1. The molecule has 0 saturated heterocycles. The lowest BCUT2D eigenvalue weighted by atomic mass is 10.0. The lowest BCUT2D eigenvalue weighted by Gasteiger charge is -2.26. The summed E-state index contributed by atoms with van der Waals surface area (Å²) in [6, 6.07) is 14.9. The zero-order valence-corrected chi connectivity index (χ0v) is 20.6. The highest BCUT2D eigenvalue weighted by molar-refractivity contribution is 7.92. The molecule has 9 heteroatoms. The van der Waals surface area contributed by atoms with E-state index in [0.29, 0.717) is 24.7 Å². The van der Waals surface area contributed by atoms with Gasteiger partial charge in [-0.15, -0.1) is 0 Å². The van der Waals surface area contributed by atoms with Gasteiger partial charge in [0, 0.05) is 6.07 Å². The minimum absolute atomic E-state index is 0.0360. The summed E-state index contributed by atoms with van der Waals surface area (Å²) in [5.74, 6) is -0.410. The van der Waals surface area contributed by atoms with E-state index in [9.17, 15) is 17.6 Å². The van der Waals surface area contributed by atoms with Crippen LogP contribution < -0.4 is 19.1 Å². The van der Waals surface area contributed by atoms with Gasteiger partial charge in [-0.1, -0.05) is 24.3 Å². The van der Waals surface area contributed by atoms with Crippen molar-refractivity contribution >= 4 is 21.6 Å². The molecule has 1 aliphatic rings. The van der Waals surface area contributed by atoms with Crippen LogP contribution in [-0.4, -0.2) is 34.1 Å². The Bertz CT molecular complexity index is 1360. The number of carbonyl (C=O) groups is 1. The van der Waals surface area contributed by atoms with Crippen molar-refractivity contribution in [1.82, 2.24) is 5.32 Å². The van der Waals surface area contributed by atoms with Crippen molar-refractivity contribution in [3.63, 3.8) is 0 Å². The Hall–Kier alpha value is -3.59. The van der Waals surface area contributed by atoms with Crippen molar-refractivity contribution in [2.24, 2.45) is 0 Å². The molecule has 1 N–H and O–H groups in total. The summed E-state index contributed by atoms with van der Waals surface area (Å²) in [4.78, 5) is 12.9. The van der Waals surface area contributed by atoms with Crippen LogP contribution in [0.25, 0.3) is 0 Å². The fourth-order valence-corrected chi connectivity index (χ4v) is 5.22. The molecule has 1 unspecified atom stereocenters. The monoisotopic (exact) mass is 498 g/mol. The summed E-state index contributed by atoms with van der Waals surface area (Å²) < 4.78 is 53.2. The normalized spacial score (nSPS) is 13.7. The Kier molecular flexibility index (Phi) is 6.98. The van der Waals surface area contributed by atoms with E-state index < -0.39 is 28.3 Å². The highest BCUT2D eigenvalue weighted by Gasteiger charge is 2.29. The molecule has 7 nitrogen and oxygen atoms in total. The van der Waals surface area contributed by atoms with Gasteiger partial charge in [0.25, 0.3) is 10.0 Å². The number of rotatable bonds is 7. The van der Waals surface area contributed by atoms with Gasteiger partial charge in [0.15, 0.2) is 11.5 Å². The minimum atomic E-state index is -4.24. The van der Waals surface area contributed by atoms with Crippen LogP contribution in [0.5, 0.6) is 11.5 Å². The Morgan fingerprint density at radius 1 is 1.00 bits per heavy atom. The van der Waals surface area contributed by atoms with Gasteiger partial charge in [-0.25, -0.2) is 12.8 Å². The number of anilines is 1. The molecule has 1 aliphatic heterocycles. The largest absolute Gasteiger partial charge is 0.486 e. The molecule has 3 aromatic carbocycles. The number of fused-ring (bicyclic) bond motifs is 1. The number of nitrogens with one attached hydrogen (secondary N) is 1. The summed E-state index contributed by atoms with van der Waals surface area (Å²) in [5, 5.41) is 2.85. The lowest BCUT2D eigenvalue weighted by molar-refractivity contribution is -0.120. The molecule has 1 amide bonds. The van der Waals surface area contributed by atoms with Crippen molar-refractivity contribution in [3.8, 4) is 11.5 Å². The molecular weight excluding hydrogens is 471 g/mol. The van der Waals surface area contributed by atoms with E-state index >= 15 is 0 Å². The van der Waals surface area contributed by atoms with Gasteiger partial charge < -0.3 is 14.8 Å². The number of amides is 1. The number of sulfonamides is 1. The third-order valence-electron chi connectivity index (χ3n) is 5.89. The molecule has 3 aromatic rings. The standard InChI is InChI=1S/C26H27FN2O5S/c1-17-7-8-20(13-18(17)2)19(3)28-26(30)16-29(22-6-4-5-21(27)14-22)35(31,32)23-9-10-24-25(15-23)34-12-11-33-24/h4-10,13-15,19H,11-12,16H2,1-3H3,(H,28,30). The maximum absolute atomic E-state index is 14.0. The van der Waals surface area contributed by atoms with Crippen LogP contribution in [0.1, 0.15) is 29.7 Å². The van der Waals surface area contributed by atoms with Crippen LogP contribution in [0.15, 0.2) is 65.6 Å². The molecular formula is C26H27FN2O5S. The molecule has 1 atom stereocenters. The minimum Gasteiger partial charge on any atom is -0.486 e. The third kappa shape index (κ3) is 5.40. The highest BCUT2D eigenvalue weighted by Crippen LogP contribution is 2.34. The Morgan fingerprint density at radius 2 is 1.74 bits per heavy atom. The van der Waals surface area contributed by atoms with Crippen LogP contribution in [0.4, 0.5) is 10.1 Å². The Balaban J connectivity index is 1.63. The number of hydrogen-bond acceptors (Lipinski definition) is 5. The van der Waals surface area contributed by atoms with Crippen LogP contribution in [0, 0.1) is 19.7 Å². The average Bonchev–Trinajstić information content (AvgIpc) is 2.83. The van der Waals surface area contributed by atoms with Gasteiger partial charge in [-0.3, -0.25) is 9.10 Å². The molecule has 4 rings (SSSR count). The first-order valence-corrected chi connectivity index (χ1v) is 12.6. The van der Waals surface area contributed by atoms with Crippen molar-refractivity contribution < 1.29 is 27.1 Å². The molecule has 0 aromatic heterocycles. The molecule has 0 bridgehead atoms.